The number of halogens is 3. The smallest absolute Gasteiger partial charge is 0.396 e. The summed E-state index contributed by atoms with van der Waals surface area (Å²) < 4.78 is 38.2. The summed E-state index contributed by atoms with van der Waals surface area (Å²) in [5, 5.41) is 11.1. The summed E-state index contributed by atoms with van der Waals surface area (Å²) in [6, 6.07) is 14.8. The van der Waals surface area contributed by atoms with Crippen molar-refractivity contribution in [3.63, 3.8) is 0 Å². The first kappa shape index (κ1) is 19.4. The van der Waals surface area contributed by atoms with Crippen molar-refractivity contribution < 1.29 is 23.1 Å². The molecule has 0 aromatic heterocycles. The zero-order valence-corrected chi connectivity index (χ0v) is 14.9. The normalized spacial score (nSPS) is 14.5. The van der Waals surface area contributed by atoms with Crippen molar-refractivity contribution in [2.24, 2.45) is 0 Å². The van der Waals surface area contributed by atoms with E-state index < -0.39 is 24.0 Å². The molecule has 3 nitrogen and oxygen atoms in total. The summed E-state index contributed by atoms with van der Waals surface area (Å²) in [6.45, 7) is -1.30. The van der Waals surface area contributed by atoms with Crippen molar-refractivity contribution in [3.8, 4) is 11.1 Å². The molecule has 0 radical (unpaired) electrons. The van der Waals surface area contributed by atoms with Crippen molar-refractivity contribution >= 4 is 5.91 Å². The second kappa shape index (κ2) is 7.72. The van der Waals surface area contributed by atoms with Crippen molar-refractivity contribution in [2.75, 3.05) is 13.2 Å². The van der Waals surface area contributed by atoms with E-state index in [1.54, 1.807) is 0 Å². The summed E-state index contributed by atoms with van der Waals surface area (Å²) in [4.78, 5) is 13.1. The molecule has 144 valence electrons. The number of nitrogens with one attached hydrogen (secondary N) is 1. The van der Waals surface area contributed by atoms with Crippen LogP contribution < -0.4 is 5.32 Å². The van der Waals surface area contributed by atoms with E-state index in [1.165, 1.54) is 0 Å². The van der Waals surface area contributed by atoms with Gasteiger partial charge in [0.25, 0.3) is 0 Å². The van der Waals surface area contributed by atoms with Crippen LogP contribution in [0.3, 0.4) is 0 Å². The molecular weight excluding hydrogens is 355 g/mol. The minimum absolute atomic E-state index is 0.0560. The zero-order valence-electron chi connectivity index (χ0n) is 14.9. The van der Waals surface area contributed by atoms with Crippen molar-refractivity contribution in [3.05, 3.63) is 59.7 Å². The van der Waals surface area contributed by atoms with E-state index in [0.29, 0.717) is 25.7 Å². The predicted octanol–water partition coefficient (Wildman–Crippen LogP) is 4.18. The quantitative estimate of drug-likeness (QED) is 0.711. The first-order valence-corrected chi connectivity index (χ1v) is 9.05. The minimum atomic E-state index is -4.47. The van der Waals surface area contributed by atoms with Crippen LogP contribution in [-0.4, -0.2) is 30.3 Å². The number of benzene rings is 2. The molecule has 6 heteroatoms. The Balaban J connectivity index is 2.05. The third kappa shape index (κ3) is 3.72. The highest BCUT2D eigenvalue weighted by atomic mass is 19.4. The standard InChI is InChI=1S/C21H22F3NO2/c22-21(23,24)14-25-19(27)20(12-6-1-7-13-26)17-10-4-2-8-15(17)16-9-3-5-11-18(16)20/h2-5,8-11,26H,1,6-7,12-14H2,(H,25,27). The first-order chi connectivity index (χ1) is 12.9. The molecule has 0 saturated heterocycles. The van der Waals surface area contributed by atoms with E-state index in [-0.39, 0.29) is 6.61 Å². The molecule has 1 amide bonds. The fourth-order valence-corrected chi connectivity index (χ4v) is 3.96. The Morgan fingerprint density at radius 3 is 2.00 bits per heavy atom. The van der Waals surface area contributed by atoms with Gasteiger partial charge < -0.3 is 10.4 Å². The largest absolute Gasteiger partial charge is 0.405 e. The number of rotatable bonds is 7. The fraction of sp³-hybridized carbons (Fsp3) is 0.381. The van der Waals surface area contributed by atoms with Crippen LogP contribution in [-0.2, 0) is 10.2 Å². The van der Waals surface area contributed by atoms with Crippen molar-refractivity contribution in [2.45, 2.75) is 37.3 Å². The number of hydrogen-bond donors (Lipinski definition) is 2. The molecule has 0 bridgehead atoms. The molecular formula is C21H22F3NO2. The molecule has 0 spiro atoms. The van der Waals surface area contributed by atoms with Gasteiger partial charge in [-0.3, -0.25) is 4.79 Å². The van der Waals surface area contributed by atoms with Gasteiger partial charge in [0, 0.05) is 6.61 Å². The summed E-state index contributed by atoms with van der Waals surface area (Å²) in [5.74, 6) is -0.624. The van der Waals surface area contributed by atoms with Crippen molar-refractivity contribution in [1.29, 1.82) is 0 Å². The monoisotopic (exact) mass is 377 g/mol. The Bertz CT molecular complexity index is 772. The van der Waals surface area contributed by atoms with E-state index >= 15 is 0 Å². The third-order valence-electron chi connectivity index (χ3n) is 5.11. The average molecular weight is 377 g/mol. The average Bonchev–Trinajstić information content (AvgIpc) is 2.94. The Kier molecular flexibility index (Phi) is 5.56. The highest BCUT2D eigenvalue weighted by Crippen LogP contribution is 2.51. The van der Waals surface area contributed by atoms with Crippen LogP contribution in [0, 0.1) is 0 Å². The number of fused-ring (bicyclic) bond motifs is 3. The molecule has 0 unspecified atom stereocenters. The molecule has 2 aromatic rings. The lowest BCUT2D eigenvalue weighted by Gasteiger charge is -2.31. The lowest BCUT2D eigenvalue weighted by molar-refractivity contribution is -0.141. The highest BCUT2D eigenvalue weighted by molar-refractivity contribution is 6.00. The second-order valence-corrected chi connectivity index (χ2v) is 6.83. The molecule has 0 atom stereocenters. The number of unbranched alkanes of at least 4 members (excludes halogenated alkanes) is 2. The predicted molar refractivity (Wildman–Crippen MR) is 97.3 cm³/mol. The Hall–Kier alpha value is -2.34. The van der Waals surface area contributed by atoms with Gasteiger partial charge in [0.05, 0.1) is 0 Å². The van der Waals surface area contributed by atoms with E-state index in [2.05, 4.69) is 5.32 Å². The van der Waals surface area contributed by atoms with Crippen LogP contribution in [0.15, 0.2) is 48.5 Å². The lowest BCUT2D eigenvalue weighted by atomic mass is 9.73. The first-order valence-electron chi connectivity index (χ1n) is 9.05. The number of carbonyl (C=O) groups is 1. The number of carbonyl (C=O) groups excluding carboxylic acids is 1. The number of aliphatic hydroxyl groups is 1. The topological polar surface area (TPSA) is 49.3 Å². The molecule has 27 heavy (non-hydrogen) atoms. The fourth-order valence-electron chi connectivity index (χ4n) is 3.96. The zero-order chi connectivity index (χ0) is 19.5. The van der Waals surface area contributed by atoms with Gasteiger partial charge in [-0.25, -0.2) is 0 Å². The van der Waals surface area contributed by atoms with E-state index in [1.807, 2.05) is 48.5 Å². The summed E-state index contributed by atoms with van der Waals surface area (Å²) >= 11 is 0. The Morgan fingerprint density at radius 1 is 0.926 bits per heavy atom. The van der Waals surface area contributed by atoms with E-state index in [4.69, 9.17) is 5.11 Å². The van der Waals surface area contributed by atoms with Gasteiger partial charge in [0.1, 0.15) is 12.0 Å². The molecule has 2 N–H and O–H groups in total. The van der Waals surface area contributed by atoms with Crippen LogP contribution in [0.25, 0.3) is 11.1 Å². The van der Waals surface area contributed by atoms with Gasteiger partial charge in [-0.1, -0.05) is 61.4 Å². The van der Waals surface area contributed by atoms with Crippen LogP contribution in [0.2, 0.25) is 0 Å². The number of hydrogen-bond acceptors (Lipinski definition) is 2. The molecule has 0 aliphatic heterocycles. The van der Waals surface area contributed by atoms with Crippen LogP contribution in [0.4, 0.5) is 13.2 Å². The minimum Gasteiger partial charge on any atom is -0.396 e. The second-order valence-electron chi connectivity index (χ2n) is 6.83. The maximum absolute atomic E-state index is 13.1. The van der Waals surface area contributed by atoms with Crippen LogP contribution in [0.5, 0.6) is 0 Å². The van der Waals surface area contributed by atoms with Gasteiger partial charge >= 0.3 is 6.18 Å². The van der Waals surface area contributed by atoms with E-state index in [0.717, 1.165) is 22.3 Å². The molecule has 1 aliphatic carbocycles. The molecule has 3 rings (SSSR count). The third-order valence-corrected chi connectivity index (χ3v) is 5.11. The number of aliphatic hydroxyl groups excluding tert-OH is 1. The van der Waals surface area contributed by atoms with E-state index in [9.17, 15) is 18.0 Å². The highest BCUT2D eigenvalue weighted by Gasteiger charge is 2.49. The summed E-state index contributed by atoms with van der Waals surface area (Å²) in [7, 11) is 0. The van der Waals surface area contributed by atoms with Gasteiger partial charge in [0.15, 0.2) is 0 Å². The van der Waals surface area contributed by atoms with Gasteiger partial charge in [-0.15, -0.1) is 0 Å². The molecule has 1 aliphatic rings. The van der Waals surface area contributed by atoms with Gasteiger partial charge in [-0.2, -0.15) is 13.2 Å². The Morgan fingerprint density at radius 2 is 1.48 bits per heavy atom. The number of amides is 1. The SMILES string of the molecule is O=C(NCC(F)(F)F)C1(CCCCCO)c2ccccc2-c2ccccc21. The lowest BCUT2D eigenvalue weighted by Crippen LogP contribution is -2.47. The molecule has 0 heterocycles. The summed E-state index contributed by atoms with van der Waals surface area (Å²) in [5.41, 5.74) is 2.12. The van der Waals surface area contributed by atoms with Crippen LogP contribution in [0.1, 0.15) is 36.8 Å². The Labute approximate surface area is 156 Å². The summed E-state index contributed by atoms with van der Waals surface area (Å²) in [6.07, 6.45) is -2.14. The number of alkyl halides is 3. The maximum Gasteiger partial charge on any atom is 0.405 e. The maximum atomic E-state index is 13.1. The van der Waals surface area contributed by atoms with Gasteiger partial charge in [0.2, 0.25) is 5.91 Å². The van der Waals surface area contributed by atoms with Crippen molar-refractivity contribution in [1.82, 2.24) is 5.32 Å². The van der Waals surface area contributed by atoms with Gasteiger partial charge in [-0.05, 0) is 35.1 Å². The van der Waals surface area contributed by atoms with Crippen LogP contribution >= 0.6 is 0 Å². The molecule has 0 fully saturated rings. The molecule has 0 saturated carbocycles. The molecule has 2 aromatic carbocycles.